The van der Waals surface area contributed by atoms with Crippen LogP contribution >= 0.6 is 0 Å². The zero-order valence-corrected chi connectivity index (χ0v) is 7.59. The van der Waals surface area contributed by atoms with Crippen LogP contribution in [0.1, 0.15) is 0 Å². The molecule has 0 unspecified atom stereocenters. The van der Waals surface area contributed by atoms with E-state index in [2.05, 4.69) is 15.3 Å². The molecule has 2 rings (SSSR count). The lowest BCUT2D eigenvalue weighted by molar-refractivity contribution is 0.419. The highest BCUT2D eigenvalue weighted by Gasteiger charge is 2.05. The maximum Gasteiger partial charge on any atom is 0.201 e. The van der Waals surface area contributed by atoms with Gasteiger partial charge in [0.1, 0.15) is 11.3 Å². The minimum atomic E-state index is 0.750. The third-order valence-electron chi connectivity index (χ3n) is 1.93. The van der Waals surface area contributed by atoms with Gasteiger partial charge in [0.15, 0.2) is 0 Å². The van der Waals surface area contributed by atoms with Gasteiger partial charge in [-0.05, 0) is 12.1 Å². The molecule has 0 aliphatic rings. The number of fused-ring (bicyclic) bond motifs is 1. The molecule has 0 saturated carbocycles. The van der Waals surface area contributed by atoms with Crippen LogP contribution in [0.3, 0.4) is 0 Å². The molecule has 0 atom stereocenters. The number of aromatic amines is 1. The number of aromatic nitrogens is 2. The maximum atomic E-state index is 5.18. The van der Waals surface area contributed by atoms with E-state index in [0.29, 0.717) is 0 Å². The first-order chi connectivity index (χ1) is 6.35. The van der Waals surface area contributed by atoms with E-state index in [0.717, 1.165) is 22.7 Å². The molecule has 4 nitrogen and oxygen atoms in total. The standard InChI is InChI=1S/C9H11N3O/c1-10-9-11-6-4-3-5-7(13-2)8(6)12-9/h3-5H,1-2H3,(H2,10,11,12). The van der Waals surface area contributed by atoms with Gasteiger partial charge in [0.05, 0.1) is 12.6 Å². The number of ether oxygens (including phenoxy) is 1. The summed E-state index contributed by atoms with van der Waals surface area (Å²) < 4.78 is 5.18. The first-order valence-corrected chi connectivity index (χ1v) is 4.05. The number of rotatable bonds is 2. The second-order valence-corrected chi connectivity index (χ2v) is 2.69. The van der Waals surface area contributed by atoms with Gasteiger partial charge in [0.2, 0.25) is 5.95 Å². The molecule has 0 saturated heterocycles. The SMILES string of the molecule is CNc1nc2c(OC)cccc2[nH]1. The van der Waals surface area contributed by atoms with Gasteiger partial charge < -0.3 is 15.0 Å². The van der Waals surface area contributed by atoms with Crippen molar-refractivity contribution in [2.75, 3.05) is 19.5 Å². The predicted octanol–water partition coefficient (Wildman–Crippen LogP) is 1.61. The molecular weight excluding hydrogens is 166 g/mol. The van der Waals surface area contributed by atoms with Crippen molar-refractivity contribution in [1.29, 1.82) is 0 Å². The van der Waals surface area contributed by atoms with Crippen LogP contribution in [0, 0.1) is 0 Å². The van der Waals surface area contributed by atoms with Gasteiger partial charge in [0, 0.05) is 7.05 Å². The van der Waals surface area contributed by atoms with Gasteiger partial charge in [-0.15, -0.1) is 0 Å². The smallest absolute Gasteiger partial charge is 0.201 e. The number of methoxy groups -OCH3 is 1. The number of imidazole rings is 1. The van der Waals surface area contributed by atoms with Gasteiger partial charge in [-0.1, -0.05) is 6.07 Å². The summed E-state index contributed by atoms with van der Waals surface area (Å²) >= 11 is 0. The number of para-hydroxylation sites is 1. The van der Waals surface area contributed by atoms with Crippen molar-refractivity contribution in [1.82, 2.24) is 9.97 Å². The fourth-order valence-corrected chi connectivity index (χ4v) is 1.29. The Labute approximate surface area is 75.9 Å². The summed E-state index contributed by atoms with van der Waals surface area (Å²) in [5.74, 6) is 1.54. The van der Waals surface area contributed by atoms with Gasteiger partial charge >= 0.3 is 0 Å². The Hall–Kier alpha value is -1.71. The fourth-order valence-electron chi connectivity index (χ4n) is 1.29. The van der Waals surface area contributed by atoms with Crippen LogP contribution in [0.25, 0.3) is 11.0 Å². The minimum absolute atomic E-state index is 0.750. The lowest BCUT2D eigenvalue weighted by Crippen LogP contribution is -1.88. The van der Waals surface area contributed by atoms with Crippen molar-refractivity contribution in [3.63, 3.8) is 0 Å². The van der Waals surface area contributed by atoms with Crippen LogP contribution in [0.2, 0.25) is 0 Å². The summed E-state index contributed by atoms with van der Waals surface area (Å²) in [7, 11) is 3.46. The van der Waals surface area contributed by atoms with Gasteiger partial charge in [-0.2, -0.15) is 0 Å². The molecule has 13 heavy (non-hydrogen) atoms. The van der Waals surface area contributed by atoms with Crippen molar-refractivity contribution in [3.05, 3.63) is 18.2 Å². The first kappa shape index (κ1) is 7.91. The number of nitrogens with one attached hydrogen (secondary N) is 2. The molecule has 0 bridgehead atoms. The lowest BCUT2D eigenvalue weighted by Gasteiger charge is -1.97. The molecule has 4 heteroatoms. The highest BCUT2D eigenvalue weighted by atomic mass is 16.5. The molecule has 0 aliphatic carbocycles. The van der Waals surface area contributed by atoms with Crippen LogP contribution in [0.15, 0.2) is 18.2 Å². The zero-order chi connectivity index (χ0) is 9.26. The molecule has 1 aromatic heterocycles. The molecule has 0 fully saturated rings. The number of hydrogen-bond acceptors (Lipinski definition) is 3. The summed E-state index contributed by atoms with van der Waals surface area (Å²) in [6.45, 7) is 0. The van der Waals surface area contributed by atoms with Crippen LogP contribution in [0.5, 0.6) is 5.75 Å². The van der Waals surface area contributed by atoms with Crippen molar-refractivity contribution in [2.24, 2.45) is 0 Å². The Morgan fingerprint density at radius 1 is 1.46 bits per heavy atom. The largest absolute Gasteiger partial charge is 0.494 e. The maximum absolute atomic E-state index is 5.18. The predicted molar refractivity (Wildman–Crippen MR) is 52.2 cm³/mol. The molecule has 0 amide bonds. The third kappa shape index (κ3) is 1.20. The number of hydrogen-bond donors (Lipinski definition) is 2. The van der Waals surface area contributed by atoms with Crippen LogP contribution in [-0.4, -0.2) is 24.1 Å². The van der Waals surface area contributed by atoms with E-state index in [4.69, 9.17) is 4.74 Å². The normalized spacial score (nSPS) is 10.3. The van der Waals surface area contributed by atoms with Crippen molar-refractivity contribution in [2.45, 2.75) is 0 Å². The van der Waals surface area contributed by atoms with E-state index in [1.165, 1.54) is 0 Å². The molecule has 0 radical (unpaired) electrons. The van der Waals surface area contributed by atoms with Crippen LogP contribution < -0.4 is 10.1 Å². The fraction of sp³-hybridized carbons (Fsp3) is 0.222. The zero-order valence-electron chi connectivity index (χ0n) is 7.59. The van der Waals surface area contributed by atoms with E-state index < -0.39 is 0 Å². The molecule has 1 heterocycles. The minimum Gasteiger partial charge on any atom is -0.494 e. The summed E-state index contributed by atoms with van der Waals surface area (Å²) in [5.41, 5.74) is 1.83. The highest BCUT2D eigenvalue weighted by Crippen LogP contribution is 2.23. The second-order valence-electron chi connectivity index (χ2n) is 2.69. The van der Waals surface area contributed by atoms with Crippen LogP contribution in [0.4, 0.5) is 5.95 Å². The molecule has 0 spiro atoms. The van der Waals surface area contributed by atoms with Crippen LogP contribution in [-0.2, 0) is 0 Å². The Morgan fingerprint density at radius 2 is 2.31 bits per heavy atom. The van der Waals surface area contributed by atoms with Crippen molar-refractivity contribution in [3.8, 4) is 5.75 Å². The summed E-state index contributed by atoms with van der Waals surface area (Å²) in [6.07, 6.45) is 0. The number of H-pyrrole nitrogens is 1. The van der Waals surface area contributed by atoms with Gasteiger partial charge in [-0.3, -0.25) is 0 Å². The Morgan fingerprint density at radius 3 is 3.00 bits per heavy atom. The second kappa shape index (κ2) is 2.97. The highest BCUT2D eigenvalue weighted by molar-refractivity contribution is 5.83. The molecule has 2 N–H and O–H groups in total. The number of anilines is 1. The number of nitrogens with zero attached hydrogens (tertiary/aromatic N) is 1. The average Bonchev–Trinajstić information content (AvgIpc) is 2.59. The first-order valence-electron chi connectivity index (χ1n) is 4.05. The quantitative estimate of drug-likeness (QED) is 0.732. The third-order valence-corrected chi connectivity index (χ3v) is 1.93. The molecule has 1 aromatic carbocycles. The van der Waals surface area contributed by atoms with Crippen molar-refractivity contribution >= 4 is 17.0 Å². The Kier molecular flexibility index (Phi) is 1.81. The molecular formula is C9H11N3O. The van der Waals surface area contributed by atoms with Gasteiger partial charge in [-0.25, -0.2) is 4.98 Å². The van der Waals surface area contributed by atoms with E-state index in [1.807, 2.05) is 25.2 Å². The Balaban J connectivity index is 2.67. The summed E-state index contributed by atoms with van der Waals surface area (Å²) in [5, 5.41) is 2.95. The van der Waals surface area contributed by atoms with E-state index >= 15 is 0 Å². The average molecular weight is 177 g/mol. The molecule has 0 aliphatic heterocycles. The molecule has 68 valence electrons. The lowest BCUT2D eigenvalue weighted by atomic mass is 10.3. The topological polar surface area (TPSA) is 49.9 Å². The summed E-state index contributed by atoms with van der Waals surface area (Å²) in [6, 6.07) is 5.78. The molecule has 2 aromatic rings. The van der Waals surface area contributed by atoms with E-state index in [-0.39, 0.29) is 0 Å². The summed E-state index contributed by atoms with van der Waals surface area (Å²) in [4.78, 5) is 7.43. The monoisotopic (exact) mass is 177 g/mol. The van der Waals surface area contributed by atoms with E-state index in [1.54, 1.807) is 7.11 Å². The Bertz CT molecular complexity index is 422. The van der Waals surface area contributed by atoms with Crippen molar-refractivity contribution < 1.29 is 4.74 Å². The van der Waals surface area contributed by atoms with Gasteiger partial charge in [0.25, 0.3) is 0 Å². The van der Waals surface area contributed by atoms with E-state index in [9.17, 15) is 0 Å². The number of benzene rings is 1.